The Morgan fingerprint density at radius 2 is 1.92 bits per heavy atom. The quantitative estimate of drug-likeness (QED) is 0.790. The number of carbonyl (C=O) groups is 1. The monoisotopic (exact) mass is 342 g/mol. The Kier molecular flexibility index (Phi) is 6.74. The predicted molar refractivity (Wildman–Crippen MR) is 99.5 cm³/mol. The van der Waals surface area contributed by atoms with Gasteiger partial charge in [-0.05, 0) is 43.5 Å². The smallest absolute Gasteiger partial charge is 0.272 e. The van der Waals surface area contributed by atoms with E-state index < -0.39 is 0 Å². The molecule has 1 N–H and O–H groups in total. The van der Waals surface area contributed by atoms with Crippen LogP contribution in [0.25, 0.3) is 0 Å². The molecule has 0 saturated heterocycles. The van der Waals surface area contributed by atoms with Gasteiger partial charge in [0.2, 0.25) is 5.95 Å². The minimum Gasteiger partial charge on any atom is -0.495 e. The fraction of sp³-hybridized carbons (Fsp3) is 0.421. The summed E-state index contributed by atoms with van der Waals surface area (Å²) in [7, 11) is 1.62. The van der Waals surface area contributed by atoms with Crippen molar-refractivity contribution >= 4 is 17.5 Å². The second kappa shape index (κ2) is 9.01. The number of carbonyl (C=O) groups excluding carboxylic acids is 1. The van der Waals surface area contributed by atoms with E-state index in [9.17, 15) is 4.79 Å². The number of nitrogens with one attached hydrogen (secondary N) is 1. The average Bonchev–Trinajstić information content (AvgIpc) is 2.61. The lowest BCUT2D eigenvalue weighted by Crippen LogP contribution is -2.33. The summed E-state index contributed by atoms with van der Waals surface area (Å²) < 4.78 is 5.36. The first-order chi connectivity index (χ1) is 12.1. The maximum absolute atomic E-state index is 12.7. The lowest BCUT2D eigenvalue weighted by molar-refractivity contribution is 0.0749. The Morgan fingerprint density at radius 3 is 2.56 bits per heavy atom. The van der Waals surface area contributed by atoms with Gasteiger partial charge in [-0.3, -0.25) is 4.79 Å². The fourth-order valence-electron chi connectivity index (χ4n) is 2.59. The van der Waals surface area contributed by atoms with Crippen molar-refractivity contribution in [2.45, 2.75) is 33.6 Å². The number of hydrogen-bond acceptors (Lipinski definition) is 5. The second-order valence-electron chi connectivity index (χ2n) is 5.89. The van der Waals surface area contributed by atoms with Crippen LogP contribution in [-0.2, 0) is 0 Å². The molecule has 0 unspecified atom stereocenters. The molecule has 1 aromatic heterocycles. The Labute approximate surface area is 149 Å². The highest BCUT2D eigenvalue weighted by Gasteiger charge is 2.16. The molecule has 0 radical (unpaired) electrons. The summed E-state index contributed by atoms with van der Waals surface area (Å²) in [6, 6.07) is 7.46. The first-order valence-corrected chi connectivity index (χ1v) is 8.63. The molecular weight excluding hydrogens is 316 g/mol. The van der Waals surface area contributed by atoms with Crippen LogP contribution in [0.15, 0.2) is 30.5 Å². The van der Waals surface area contributed by atoms with E-state index in [2.05, 4.69) is 29.1 Å². The van der Waals surface area contributed by atoms with Gasteiger partial charge in [0.15, 0.2) is 0 Å². The number of amides is 1. The molecule has 0 aliphatic carbocycles. The molecule has 0 aliphatic rings. The van der Waals surface area contributed by atoms with Crippen LogP contribution in [0.5, 0.6) is 5.75 Å². The molecule has 0 aliphatic heterocycles. The van der Waals surface area contributed by atoms with Gasteiger partial charge in [-0.2, -0.15) is 0 Å². The molecule has 2 rings (SSSR count). The molecule has 0 saturated carbocycles. The van der Waals surface area contributed by atoms with Crippen molar-refractivity contribution in [3.63, 3.8) is 0 Å². The van der Waals surface area contributed by atoms with Gasteiger partial charge in [0.25, 0.3) is 5.91 Å². The van der Waals surface area contributed by atoms with Crippen LogP contribution in [0.3, 0.4) is 0 Å². The Balaban J connectivity index is 2.24. The van der Waals surface area contributed by atoms with E-state index >= 15 is 0 Å². The van der Waals surface area contributed by atoms with Crippen LogP contribution >= 0.6 is 0 Å². The minimum absolute atomic E-state index is 0.0645. The maximum atomic E-state index is 12.7. The number of ether oxygens (including phenoxy) is 1. The van der Waals surface area contributed by atoms with Gasteiger partial charge in [0.05, 0.1) is 12.8 Å². The van der Waals surface area contributed by atoms with Gasteiger partial charge in [-0.1, -0.05) is 19.9 Å². The third kappa shape index (κ3) is 4.92. The van der Waals surface area contributed by atoms with Crippen molar-refractivity contribution < 1.29 is 9.53 Å². The highest BCUT2D eigenvalue weighted by Crippen LogP contribution is 2.27. The zero-order valence-electron chi connectivity index (χ0n) is 15.4. The van der Waals surface area contributed by atoms with E-state index in [0.29, 0.717) is 17.4 Å². The van der Waals surface area contributed by atoms with Crippen LogP contribution in [-0.4, -0.2) is 41.0 Å². The summed E-state index contributed by atoms with van der Waals surface area (Å²) >= 11 is 0. The van der Waals surface area contributed by atoms with Crippen molar-refractivity contribution in [3.8, 4) is 5.75 Å². The van der Waals surface area contributed by atoms with Crippen LogP contribution in [0.1, 0.15) is 42.7 Å². The summed E-state index contributed by atoms with van der Waals surface area (Å²) in [4.78, 5) is 23.1. The molecule has 1 aromatic carbocycles. The zero-order chi connectivity index (χ0) is 18.2. The largest absolute Gasteiger partial charge is 0.495 e. The van der Waals surface area contributed by atoms with E-state index in [1.54, 1.807) is 19.4 Å². The van der Waals surface area contributed by atoms with E-state index in [0.717, 1.165) is 37.2 Å². The second-order valence-corrected chi connectivity index (χ2v) is 5.89. The first-order valence-electron chi connectivity index (χ1n) is 8.63. The van der Waals surface area contributed by atoms with E-state index in [1.807, 2.05) is 30.0 Å². The molecule has 134 valence electrons. The lowest BCUT2D eigenvalue weighted by Gasteiger charge is -2.21. The molecular formula is C19H26N4O2. The summed E-state index contributed by atoms with van der Waals surface area (Å²) in [5.74, 6) is 1.01. The van der Waals surface area contributed by atoms with Gasteiger partial charge in [-0.15, -0.1) is 0 Å². The third-order valence-electron chi connectivity index (χ3n) is 3.75. The number of nitrogens with zero attached hydrogens (tertiary/aromatic N) is 3. The predicted octanol–water partition coefficient (Wildman–Crippen LogP) is 3.80. The van der Waals surface area contributed by atoms with Gasteiger partial charge in [0, 0.05) is 19.3 Å². The van der Waals surface area contributed by atoms with Gasteiger partial charge < -0.3 is 15.0 Å². The molecule has 0 bridgehead atoms. The number of anilines is 2. The van der Waals surface area contributed by atoms with Crippen molar-refractivity contribution in [3.05, 3.63) is 41.7 Å². The molecule has 6 nitrogen and oxygen atoms in total. The zero-order valence-corrected chi connectivity index (χ0v) is 15.4. The Bertz CT molecular complexity index is 712. The summed E-state index contributed by atoms with van der Waals surface area (Å²) in [5.41, 5.74) is 2.25. The Hall–Kier alpha value is -2.63. The average molecular weight is 342 g/mol. The minimum atomic E-state index is -0.0645. The number of rotatable bonds is 8. The molecule has 6 heteroatoms. The van der Waals surface area contributed by atoms with Crippen molar-refractivity contribution in [2.75, 3.05) is 25.5 Å². The standard InChI is InChI=1S/C19H26N4O2/c1-5-11-23(12-6-2)18(24)15-9-10-20-19(21-15)22-16-13-14(3)7-8-17(16)25-4/h7-10,13H,5-6,11-12H2,1-4H3,(H,20,21,22). The highest BCUT2D eigenvalue weighted by atomic mass is 16.5. The molecule has 0 atom stereocenters. The van der Waals surface area contributed by atoms with Crippen molar-refractivity contribution in [2.24, 2.45) is 0 Å². The number of hydrogen-bond donors (Lipinski definition) is 1. The van der Waals surface area contributed by atoms with Crippen molar-refractivity contribution in [1.82, 2.24) is 14.9 Å². The summed E-state index contributed by atoms with van der Waals surface area (Å²) in [6.45, 7) is 7.58. The molecule has 1 heterocycles. The van der Waals surface area contributed by atoms with Crippen LogP contribution in [0.4, 0.5) is 11.6 Å². The van der Waals surface area contributed by atoms with Crippen LogP contribution < -0.4 is 10.1 Å². The van der Waals surface area contributed by atoms with E-state index in [-0.39, 0.29) is 5.91 Å². The van der Waals surface area contributed by atoms with E-state index in [1.165, 1.54) is 0 Å². The maximum Gasteiger partial charge on any atom is 0.272 e. The first kappa shape index (κ1) is 18.7. The number of methoxy groups -OCH3 is 1. The van der Waals surface area contributed by atoms with Gasteiger partial charge in [-0.25, -0.2) is 9.97 Å². The number of aryl methyl sites for hydroxylation is 1. The molecule has 2 aromatic rings. The summed E-state index contributed by atoms with van der Waals surface area (Å²) in [6.07, 6.45) is 3.44. The topological polar surface area (TPSA) is 67.4 Å². The van der Waals surface area contributed by atoms with Crippen LogP contribution in [0.2, 0.25) is 0 Å². The normalized spacial score (nSPS) is 10.4. The van der Waals surface area contributed by atoms with Crippen molar-refractivity contribution in [1.29, 1.82) is 0 Å². The third-order valence-corrected chi connectivity index (χ3v) is 3.75. The molecule has 1 amide bonds. The van der Waals surface area contributed by atoms with Gasteiger partial charge in [0.1, 0.15) is 11.4 Å². The lowest BCUT2D eigenvalue weighted by atomic mass is 10.2. The molecule has 0 fully saturated rings. The number of aromatic nitrogens is 2. The highest BCUT2D eigenvalue weighted by molar-refractivity contribution is 5.92. The number of benzene rings is 1. The SMILES string of the molecule is CCCN(CCC)C(=O)c1ccnc(Nc2cc(C)ccc2OC)n1. The molecule has 25 heavy (non-hydrogen) atoms. The summed E-state index contributed by atoms with van der Waals surface area (Å²) in [5, 5.41) is 3.14. The Morgan fingerprint density at radius 1 is 1.20 bits per heavy atom. The molecule has 0 spiro atoms. The van der Waals surface area contributed by atoms with Crippen LogP contribution in [0, 0.1) is 6.92 Å². The fourth-order valence-corrected chi connectivity index (χ4v) is 2.59. The van der Waals surface area contributed by atoms with Gasteiger partial charge >= 0.3 is 0 Å². The van der Waals surface area contributed by atoms with E-state index in [4.69, 9.17) is 4.74 Å².